The van der Waals surface area contributed by atoms with E-state index in [1.807, 2.05) is 0 Å². The highest BCUT2D eigenvalue weighted by atomic mass is 32.2. The molecule has 0 N–H and O–H groups in total. The third-order valence-corrected chi connectivity index (χ3v) is 2.56. The van der Waals surface area contributed by atoms with E-state index >= 15 is 0 Å². The normalized spacial score (nSPS) is 16.2. The molecule has 62 valence electrons. The summed E-state index contributed by atoms with van der Waals surface area (Å²) in [6.45, 7) is 0.830. The van der Waals surface area contributed by atoms with Crippen LogP contribution in [0.4, 0.5) is 4.39 Å². The fourth-order valence-electron chi connectivity index (χ4n) is 1.04. The van der Waals surface area contributed by atoms with Gasteiger partial charge in [-0.15, -0.1) is 11.8 Å². The molecule has 2 heterocycles. The van der Waals surface area contributed by atoms with Gasteiger partial charge in [0.15, 0.2) is 0 Å². The van der Waals surface area contributed by atoms with Crippen LogP contribution in [0.25, 0.3) is 0 Å². The molecule has 0 saturated carbocycles. The minimum absolute atomic E-state index is 0.303. The van der Waals surface area contributed by atoms with E-state index in [0.29, 0.717) is 0 Å². The minimum atomic E-state index is -0.303. The summed E-state index contributed by atoms with van der Waals surface area (Å²) in [5.74, 6) is 0.689. The number of hydrogen-bond acceptors (Lipinski definition) is 3. The fourth-order valence-corrected chi connectivity index (χ4v) is 1.88. The maximum Gasteiger partial charge on any atom is 0.142 e. The molecule has 0 amide bonds. The summed E-state index contributed by atoms with van der Waals surface area (Å²) in [4.78, 5) is 7.98. The topological polar surface area (TPSA) is 25.2 Å². The third-order valence-electron chi connectivity index (χ3n) is 1.54. The maximum atomic E-state index is 12.7. The van der Waals surface area contributed by atoms with Crippen molar-refractivity contribution < 1.29 is 4.39 Å². The second-order valence-electron chi connectivity index (χ2n) is 2.43. The molecule has 12 heavy (non-hydrogen) atoms. The van der Waals surface area contributed by atoms with Crippen molar-refractivity contribution in [3.8, 4) is 0 Å². The lowest BCUT2D eigenvalue weighted by molar-refractivity contribution is 0.621. The molecular weight excluding hydrogens is 175 g/mol. The Bertz CT molecular complexity index is 325. The largest absolute Gasteiger partial charge is 0.277 e. The minimum Gasteiger partial charge on any atom is -0.277 e. The summed E-state index contributed by atoms with van der Waals surface area (Å²) in [5, 5.41) is 0.905. The summed E-state index contributed by atoms with van der Waals surface area (Å²) >= 11 is 1.65. The Labute approximate surface area is 73.9 Å². The van der Waals surface area contributed by atoms with E-state index in [-0.39, 0.29) is 5.82 Å². The molecule has 0 unspecified atom stereocenters. The van der Waals surface area contributed by atoms with Crippen LogP contribution in [0.15, 0.2) is 23.5 Å². The van der Waals surface area contributed by atoms with Gasteiger partial charge in [-0.05, 0) is 6.07 Å². The first-order valence-electron chi connectivity index (χ1n) is 3.64. The van der Waals surface area contributed by atoms with E-state index in [1.165, 1.54) is 12.3 Å². The molecule has 1 aliphatic heterocycles. The van der Waals surface area contributed by atoms with Gasteiger partial charge < -0.3 is 0 Å². The molecule has 4 heteroatoms. The molecule has 2 rings (SSSR count). The quantitative estimate of drug-likeness (QED) is 0.660. The van der Waals surface area contributed by atoms with Crippen LogP contribution in [0, 0.1) is 5.82 Å². The van der Waals surface area contributed by atoms with Gasteiger partial charge in [0.2, 0.25) is 0 Å². The van der Waals surface area contributed by atoms with E-state index < -0.39 is 0 Å². The average molecular weight is 182 g/mol. The molecule has 1 aromatic heterocycles. The van der Waals surface area contributed by atoms with Gasteiger partial charge in [0.25, 0.3) is 0 Å². The zero-order chi connectivity index (χ0) is 8.39. The molecule has 0 aromatic carbocycles. The lowest BCUT2D eigenvalue weighted by Gasteiger charge is -1.97. The first-order valence-corrected chi connectivity index (χ1v) is 4.63. The summed E-state index contributed by atoms with van der Waals surface area (Å²) in [5.41, 5.74) is 0.789. The van der Waals surface area contributed by atoms with Crippen molar-refractivity contribution in [3.63, 3.8) is 0 Å². The van der Waals surface area contributed by atoms with Gasteiger partial charge in [0, 0.05) is 24.1 Å². The number of thioether (sulfide) groups is 1. The van der Waals surface area contributed by atoms with E-state index in [9.17, 15) is 4.39 Å². The Hall–Kier alpha value is -0.900. The summed E-state index contributed by atoms with van der Waals surface area (Å²) in [7, 11) is 0. The van der Waals surface area contributed by atoms with Crippen LogP contribution < -0.4 is 0 Å². The molecule has 0 aliphatic carbocycles. The number of hydrogen-bond donors (Lipinski definition) is 0. The van der Waals surface area contributed by atoms with Crippen molar-refractivity contribution in [3.05, 3.63) is 29.8 Å². The second kappa shape index (κ2) is 3.23. The zero-order valence-corrected chi connectivity index (χ0v) is 7.14. The average Bonchev–Trinajstić information content (AvgIpc) is 2.56. The molecule has 1 aromatic rings. The van der Waals surface area contributed by atoms with Crippen molar-refractivity contribution in [1.29, 1.82) is 0 Å². The SMILES string of the molecule is Fc1cncc(C2=NCCS2)c1. The van der Waals surface area contributed by atoms with Crippen LogP contribution in [0.1, 0.15) is 5.56 Å². The van der Waals surface area contributed by atoms with Crippen LogP contribution in [-0.2, 0) is 0 Å². The van der Waals surface area contributed by atoms with Gasteiger partial charge in [0.1, 0.15) is 5.82 Å². The highest BCUT2D eigenvalue weighted by Crippen LogP contribution is 2.18. The number of pyridine rings is 1. The van der Waals surface area contributed by atoms with Gasteiger partial charge in [-0.25, -0.2) is 4.39 Å². The molecule has 0 saturated heterocycles. The highest BCUT2D eigenvalue weighted by Gasteiger charge is 2.09. The second-order valence-corrected chi connectivity index (χ2v) is 3.51. The van der Waals surface area contributed by atoms with Gasteiger partial charge in [-0.2, -0.15) is 0 Å². The van der Waals surface area contributed by atoms with Crippen molar-refractivity contribution in [1.82, 2.24) is 4.98 Å². The van der Waals surface area contributed by atoms with Crippen molar-refractivity contribution in [2.75, 3.05) is 12.3 Å². The molecule has 2 nitrogen and oxygen atoms in total. The molecule has 0 spiro atoms. The molecule has 0 bridgehead atoms. The third kappa shape index (κ3) is 1.48. The Morgan fingerprint density at radius 2 is 2.33 bits per heavy atom. The van der Waals surface area contributed by atoms with Crippen molar-refractivity contribution in [2.24, 2.45) is 4.99 Å². The van der Waals surface area contributed by atoms with Crippen LogP contribution in [0.2, 0.25) is 0 Å². The van der Waals surface area contributed by atoms with E-state index in [1.54, 1.807) is 18.0 Å². The van der Waals surface area contributed by atoms with E-state index in [2.05, 4.69) is 9.98 Å². The van der Waals surface area contributed by atoms with Crippen LogP contribution in [0.3, 0.4) is 0 Å². The van der Waals surface area contributed by atoms with Crippen molar-refractivity contribution >= 4 is 16.8 Å². The van der Waals surface area contributed by atoms with Crippen LogP contribution in [-0.4, -0.2) is 22.3 Å². The zero-order valence-electron chi connectivity index (χ0n) is 6.33. The molecular formula is C8H7FN2S. The van der Waals surface area contributed by atoms with Gasteiger partial charge in [0.05, 0.1) is 11.2 Å². The van der Waals surface area contributed by atoms with Gasteiger partial charge in [-0.3, -0.25) is 9.98 Å². The Morgan fingerprint density at radius 3 is 3.00 bits per heavy atom. The number of aliphatic imine (C=N–C) groups is 1. The van der Waals surface area contributed by atoms with Gasteiger partial charge >= 0.3 is 0 Å². The summed E-state index contributed by atoms with van der Waals surface area (Å²) in [6, 6.07) is 1.46. The molecule has 1 aliphatic rings. The predicted octanol–water partition coefficient (Wildman–Crippen LogP) is 1.71. The molecule has 0 fully saturated rings. The Balaban J connectivity index is 2.33. The van der Waals surface area contributed by atoms with Crippen LogP contribution >= 0.6 is 11.8 Å². The molecule has 0 radical (unpaired) electrons. The smallest absolute Gasteiger partial charge is 0.142 e. The lowest BCUT2D eigenvalue weighted by atomic mass is 10.3. The highest BCUT2D eigenvalue weighted by molar-refractivity contribution is 8.14. The van der Waals surface area contributed by atoms with E-state index in [0.717, 1.165) is 22.9 Å². The van der Waals surface area contributed by atoms with E-state index in [4.69, 9.17) is 0 Å². The first-order chi connectivity index (χ1) is 5.86. The number of aromatic nitrogens is 1. The fraction of sp³-hybridized carbons (Fsp3) is 0.250. The summed E-state index contributed by atoms with van der Waals surface area (Å²) < 4.78 is 12.7. The van der Waals surface area contributed by atoms with Crippen LogP contribution in [0.5, 0.6) is 0 Å². The lowest BCUT2D eigenvalue weighted by Crippen LogP contribution is -1.93. The summed E-state index contributed by atoms with van der Waals surface area (Å²) in [6.07, 6.45) is 2.84. The maximum absolute atomic E-state index is 12.7. The van der Waals surface area contributed by atoms with Crippen molar-refractivity contribution in [2.45, 2.75) is 0 Å². The Morgan fingerprint density at radius 1 is 1.42 bits per heavy atom. The Kier molecular flexibility index (Phi) is 2.08. The number of halogens is 1. The molecule has 0 atom stereocenters. The number of rotatable bonds is 1. The number of nitrogens with zero attached hydrogens (tertiary/aromatic N) is 2. The van der Waals surface area contributed by atoms with Gasteiger partial charge in [-0.1, -0.05) is 0 Å². The monoisotopic (exact) mass is 182 g/mol. The predicted molar refractivity (Wildman–Crippen MR) is 48.1 cm³/mol. The standard InChI is InChI=1S/C8H7FN2S/c9-7-3-6(4-10-5-7)8-11-1-2-12-8/h3-5H,1-2H2. The first kappa shape index (κ1) is 7.73.